The number of carbonyl (C=O) groups is 4. The first-order valence-electron chi connectivity index (χ1n) is 11.7. The van der Waals surface area contributed by atoms with Gasteiger partial charge < -0.3 is 35.2 Å². The molecule has 0 spiro atoms. The number of aromatic hydroxyl groups is 1. The van der Waals surface area contributed by atoms with Crippen LogP contribution in [0.5, 0.6) is 5.75 Å². The minimum Gasteiger partial charge on any atom is -0.508 e. The number of amides is 3. The van der Waals surface area contributed by atoms with E-state index < -0.39 is 47.3 Å². The van der Waals surface area contributed by atoms with Crippen LogP contribution in [0.4, 0.5) is 9.59 Å². The number of likely N-dealkylation sites (N-methyl/N-ethyl adjacent to an activating group) is 1. The summed E-state index contributed by atoms with van der Waals surface area (Å²) in [5.74, 6) is -1.80. The van der Waals surface area contributed by atoms with Crippen molar-refractivity contribution in [2.75, 3.05) is 13.6 Å². The number of carbonyl (C=O) groups excluding carboxylic acids is 3. The summed E-state index contributed by atoms with van der Waals surface area (Å²) in [5, 5.41) is 24.4. The Balaban J connectivity index is 2.92. The molecule has 1 aromatic carbocycles. The number of aliphatic carboxylic acids is 1. The molecule has 0 aliphatic carbocycles. The lowest BCUT2D eigenvalue weighted by atomic mass is 10.0. The molecule has 0 unspecified atom stereocenters. The fourth-order valence-corrected chi connectivity index (χ4v) is 3.20. The smallest absolute Gasteiger partial charge is 0.408 e. The van der Waals surface area contributed by atoms with E-state index >= 15 is 0 Å². The summed E-state index contributed by atoms with van der Waals surface area (Å²) in [5.41, 5.74) is -0.815. The molecule has 0 bridgehead atoms. The topological polar surface area (TPSA) is 155 Å². The average molecular weight is 510 g/mol. The quantitative estimate of drug-likeness (QED) is 0.351. The van der Waals surface area contributed by atoms with E-state index in [1.54, 1.807) is 53.7 Å². The molecule has 0 saturated heterocycles. The molecule has 1 aromatic rings. The molecule has 2 atom stereocenters. The molecule has 0 heterocycles. The number of carboxylic acid groups (broad SMARTS) is 1. The van der Waals surface area contributed by atoms with Crippen molar-refractivity contribution in [2.24, 2.45) is 0 Å². The SMILES string of the molecule is CN(C(=O)[C@H](Cc1ccc(O)cc1)NC(=O)OC(C)(C)C)[C@@H](CCCNC(=O)OC(C)(C)C)C(=O)O. The number of rotatable bonds is 10. The van der Waals surface area contributed by atoms with Crippen molar-refractivity contribution in [3.8, 4) is 5.75 Å². The zero-order chi connectivity index (χ0) is 27.7. The van der Waals surface area contributed by atoms with Crippen LogP contribution in [0.25, 0.3) is 0 Å². The maximum absolute atomic E-state index is 13.3. The van der Waals surface area contributed by atoms with Crippen LogP contribution in [0.3, 0.4) is 0 Å². The van der Waals surface area contributed by atoms with Gasteiger partial charge in [-0.25, -0.2) is 14.4 Å². The lowest BCUT2D eigenvalue weighted by Gasteiger charge is -2.30. The number of hydrogen-bond donors (Lipinski definition) is 4. The van der Waals surface area contributed by atoms with Gasteiger partial charge in [-0.1, -0.05) is 12.1 Å². The zero-order valence-electron chi connectivity index (χ0n) is 22.1. The summed E-state index contributed by atoms with van der Waals surface area (Å²) in [7, 11) is 1.35. The molecule has 0 aromatic heterocycles. The van der Waals surface area contributed by atoms with Crippen LogP contribution >= 0.6 is 0 Å². The third kappa shape index (κ3) is 11.8. The molecule has 11 nitrogen and oxygen atoms in total. The van der Waals surface area contributed by atoms with Crippen molar-refractivity contribution < 1.29 is 38.9 Å². The van der Waals surface area contributed by atoms with Gasteiger partial charge in [0.25, 0.3) is 0 Å². The van der Waals surface area contributed by atoms with Crippen LogP contribution in [0.2, 0.25) is 0 Å². The van der Waals surface area contributed by atoms with E-state index in [0.717, 1.165) is 4.90 Å². The van der Waals surface area contributed by atoms with Gasteiger partial charge in [-0.15, -0.1) is 0 Å². The Hall–Kier alpha value is -3.50. The summed E-state index contributed by atoms with van der Waals surface area (Å²) in [4.78, 5) is 50.5. The first-order chi connectivity index (χ1) is 16.5. The van der Waals surface area contributed by atoms with Crippen molar-refractivity contribution in [1.29, 1.82) is 0 Å². The predicted octanol–water partition coefficient (Wildman–Crippen LogP) is 3.04. The Morgan fingerprint density at radius 3 is 1.97 bits per heavy atom. The maximum Gasteiger partial charge on any atom is 0.408 e. The van der Waals surface area contributed by atoms with E-state index in [2.05, 4.69) is 10.6 Å². The normalized spacial score (nSPS) is 13.2. The highest BCUT2D eigenvalue weighted by atomic mass is 16.6. The number of alkyl carbamates (subject to hydrolysis) is 2. The van der Waals surface area contributed by atoms with Gasteiger partial charge in [0.2, 0.25) is 5.91 Å². The Morgan fingerprint density at radius 1 is 0.944 bits per heavy atom. The fraction of sp³-hybridized carbons (Fsp3) is 0.600. The average Bonchev–Trinajstić information content (AvgIpc) is 2.71. The van der Waals surface area contributed by atoms with E-state index in [1.807, 2.05) is 0 Å². The summed E-state index contributed by atoms with van der Waals surface area (Å²) >= 11 is 0. The minimum absolute atomic E-state index is 0.0461. The van der Waals surface area contributed by atoms with Gasteiger partial charge in [-0.2, -0.15) is 0 Å². The van der Waals surface area contributed by atoms with E-state index in [0.29, 0.717) is 5.56 Å². The molecule has 0 radical (unpaired) electrons. The van der Waals surface area contributed by atoms with E-state index in [1.165, 1.54) is 19.2 Å². The van der Waals surface area contributed by atoms with Crippen LogP contribution in [0, 0.1) is 0 Å². The number of phenols is 1. The zero-order valence-corrected chi connectivity index (χ0v) is 22.1. The summed E-state index contributed by atoms with van der Waals surface area (Å²) in [6.45, 7) is 10.4. The lowest BCUT2D eigenvalue weighted by Crippen LogP contribution is -2.53. The van der Waals surface area contributed by atoms with Gasteiger partial charge >= 0.3 is 18.2 Å². The van der Waals surface area contributed by atoms with E-state index in [4.69, 9.17) is 9.47 Å². The van der Waals surface area contributed by atoms with Gasteiger partial charge in [-0.3, -0.25) is 4.79 Å². The largest absolute Gasteiger partial charge is 0.508 e. The van der Waals surface area contributed by atoms with Crippen LogP contribution < -0.4 is 10.6 Å². The van der Waals surface area contributed by atoms with Gasteiger partial charge in [-0.05, 0) is 72.1 Å². The number of benzene rings is 1. The molecule has 1 rings (SSSR count). The second kappa shape index (κ2) is 13.0. The lowest BCUT2D eigenvalue weighted by molar-refractivity contribution is -0.150. The number of nitrogens with one attached hydrogen (secondary N) is 2. The first kappa shape index (κ1) is 30.5. The van der Waals surface area contributed by atoms with Gasteiger partial charge in [0.05, 0.1) is 0 Å². The number of phenolic OH excluding ortho intramolecular Hbond substituents is 1. The van der Waals surface area contributed by atoms with Crippen LogP contribution in [-0.4, -0.2) is 76.1 Å². The molecular weight excluding hydrogens is 470 g/mol. The Kier molecular flexibility index (Phi) is 11.0. The molecule has 0 aliphatic heterocycles. The molecule has 36 heavy (non-hydrogen) atoms. The first-order valence-corrected chi connectivity index (χ1v) is 11.7. The van der Waals surface area contributed by atoms with Crippen molar-refractivity contribution in [1.82, 2.24) is 15.5 Å². The predicted molar refractivity (Wildman–Crippen MR) is 133 cm³/mol. The molecule has 4 N–H and O–H groups in total. The van der Waals surface area contributed by atoms with Gasteiger partial charge in [0.15, 0.2) is 0 Å². The second-order valence-electron chi connectivity index (χ2n) is 10.4. The minimum atomic E-state index is -1.22. The number of carboxylic acids is 1. The van der Waals surface area contributed by atoms with Crippen LogP contribution in [0.15, 0.2) is 24.3 Å². The third-order valence-corrected chi connectivity index (χ3v) is 4.79. The highest BCUT2D eigenvalue weighted by molar-refractivity contribution is 5.89. The van der Waals surface area contributed by atoms with E-state index in [-0.39, 0.29) is 31.6 Å². The molecule has 0 saturated carbocycles. The Morgan fingerprint density at radius 2 is 1.47 bits per heavy atom. The Labute approximate surface area is 212 Å². The van der Waals surface area contributed by atoms with Crippen molar-refractivity contribution in [3.63, 3.8) is 0 Å². The summed E-state index contributed by atoms with van der Waals surface area (Å²) in [6.07, 6.45) is -1.05. The van der Waals surface area contributed by atoms with Crippen molar-refractivity contribution in [2.45, 2.75) is 84.1 Å². The summed E-state index contributed by atoms with van der Waals surface area (Å²) in [6, 6.07) is 3.79. The summed E-state index contributed by atoms with van der Waals surface area (Å²) < 4.78 is 10.4. The van der Waals surface area contributed by atoms with Crippen molar-refractivity contribution >= 4 is 24.1 Å². The third-order valence-electron chi connectivity index (χ3n) is 4.79. The standard InChI is InChI=1S/C25H39N3O8/c1-24(2,3)35-22(33)26-14-8-9-19(21(31)32)28(7)20(30)18(27-23(34)36-25(4,5)6)15-16-10-12-17(29)13-11-16/h10-13,18-19,29H,8-9,14-15H2,1-7H3,(H,26,33)(H,27,34)(H,31,32)/t18-,19-/m0/s1. The van der Waals surface area contributed by atoms with Gasteiger partial charge in [0.1, 0.15) is 29.0 Å². The van der Waals surface area contributed by atoms with Crippen LogP contribution in [-0.2, 0) is 25.5 Å². The van der Waals surface area contributed by atoms with E-state index in [9.17, 15) is 29.4 Å². The van der Waals surface area contributed by atoms with Crippen LogP contribution in [0.1, 0.15) is 59.9 Å². The molecule has 202 valence electrons. The monoisotopic (exact) mass is 509 g/mol. The molecular formula is C25H39N3O8. The maximum atomic E-state index is 13.3. The van der Waals surface area contributed by atoms with Gasteiger partial charge in [0, 0.05) is 20.0 Å². The highest BCUT2D eigenvalue weighted by Crippen LogP contribution is 2.15. The Bertz CT molecular complexity index is 903. The fourth-order valence-electron chi connectivity index (χ4n) is 3.20. The second-order valence-corrected chi connectivity index (χ2v) is 10.4. The molecule has 0 fully saturated rings. The number of hydrogen-bond acceptors (Lipinski definition) is 7. The molecule has 0 aliphatic rings. The molecule has 11 heteroatoms. The number of ether oxygens (including phenoxy) is 2. The molecule has 3 amide bonds. The highest BCUT2D eigenvalue weighted by Gasteiger charge is 2.33. The number of nitrogens with zero attached hydrogens (tertiary/aromatic N) is 1. The van der Waals surface area contributed by atoms with Crippen molar-refractivity contribution in [3.05, 3.63) is 29.8 Å².